The lowest BCUT2D eigenvalue weighted by Crippen LogP contribution is -2.36. The molecule has 0 bridgehead atoms. The van der Waals surface area contributed by atoms with E-state index in [0.29, 0.717) is 31.9 Å². The van der Waals surface area contributed by atoms with Gasteiger partial charge in [0.05, 0.1) is 17.5 Å². The number of hydrogen-bond acceptors (Lipinski definition) is 4. The molecule has 25 heavy (non-hydrogen) atoms. The number of hydrogen-bond donors (Lipinski definition) is 1. The number of carbonyl (C=O) groups excluding carboxylic acids is 1. The summed E-state index contributed by atoms with van der Waals surface area (Å²) in [6.45, 7) is 2.27. The Hall–Kier alpha value is -1.44. The van der Waals surface area contributed by atoms with Crippen molar-refractivity contribution in [2.75, 3.05) is 26.3 Å². The molecule has 0 spiro atoms. The van der Waals surface area contributed by atoms with Gasteiger partial charge < -0.3 is 10.1 Å². The summed E-state index contributed by atoms with van der Waals surface area (Å²) in [4.78, 5) is 12.6. The summed E-state index contributed by atoms with van der Waals surface area (Å²) in [6, 6.07) is 6.35. The van der Waals surface area contributed by atoms with Gasteiger partial charge >= 0.3 is 0 Å². The van der Waals surface area contributed by atoms with E-state index < -0.39 is 10.0 Å². The van der Waals surface area contributed by atoms with Crippen molar-refractivity contribution in [2.45, 2.75) is 49.5 Å². The second-order valence-corrected chi connectivity index (χ2v) is 8.67. The van der Waals surface area contributed by atoms with E-state index in [9.17, 15) is 13.2 Å². The van der Waals surface area contributed by atoms with Crippen LogP contribution in [0.1, 0.15) is 48.9 Å². The minimum Gasteiger partial charge on any atom is -0.379 e. The monoisotopic (exact) mass is 366 g/mol. The first kappa shape index (κ1) is 18.4. The van der Waals surface area contributed by atoms with E-state index in [4.69, 9.17) is 4.74 Å². The van der Waals surface area contributed by atoms with E-state index >= 15 is 0 Å². The van der Waals surface area contributed by atoms with Crippen LogP contribution in [0.15, 0.2) is 29.2 Å². The maximum atomic E-state index is 12.9. The first-order valence-electron chi connectivity index (χ1n) is 9.06. The minimum atomic E-state index is -3.56. The van der Waals surface area contributed by atoms with Crippen molar-refractivity contribution in [1.29, 1.82) is 0 Å². The zero-order valence-corrected chi connectivity index (χ0v) is 15.3. The van der Waals surface area contributed by atoms with Crippen molar-refractivity contribution in [2.24, 2.45) is 0 Å². The van der Waals surface area contributed by atoms with E-state index in [1.54, 1.807) is 22.5 Å². The zero-order chi connectivity index (χ0) is 17.7. The Bertz CT molecular complexity index is 691. The molecule has 1 aromatic rings. The molecule has 0 unspecified atom stereocenters. The van der Waals surface area contributed by atoms with Crippen molar-refractivity contribution in [3.8, 4) is 0 Å². The molecule has 1 N–H and O–H groups in total. The Kier molecular flexibility index (Phi) is 6.09. The molecule has 2 fully saturated rings. The van der Waals surface area contributed by atoms with Gasteiger partial charge in [0.2, 0.25) is 10.0 Å². The van der Waals surface area contributed by atoms with Crippen LogP contribution in [0.4, 0.5) is 0 Å². The molecule has 0 saturated carbocycles. The van der Waals surface area contributed by atoms with E-state index in [-0.39, 0.29) is 16.8 Å². The predicted molar refractivity (Wildman–Crippen MR) is 95.0 cm³/mol. The molecule has 1 atom stereocenters. The highest BCUT2D eigenvalue weighted by atomic mass is 32.2. The van der Waals surface area contributed by atoms with E-state index in [0.717, 1.165) is 32.1 Å². The van der Waals surface area contributed by atoms with Crippen molar-refractivity contribution in [1.82, 2.24) is 9.62 Å². The number of amides is 1. The maximum Gasteiger partial charge on any atom is 0.251 e. The van der Waals surface area contributed by atoms with Crippen LogP contribution in [0.2, 0.25) is 0 Å². The van der Waals surface area contributed by atoms with Crippen LogP contribution >= 0.6 is 0 Å². The average molecular weight is 366 g/mol. The zero-order valence-electron chi connectivity index (χ0n) is 14.4. The Morgan fingerprint density at radius 2 is 1.84 bits per heavy atom. The quantitative estimate of drug-likeness (QED) is 0.886. The van der Waals surface area contributed by atoms with Crippen LogP contribution in [0.5, 0.6) is 0 Å². The molecule has 0 aliphatic carbocycles. The first-order chi connectivity index (χ1) is 12.1. The Labute approximate surface area is 149 Å². The SMILES string of the molecule is O=C(N[C@H]1CCOC1)c1cccc(S(=O)(=O)N2CCCCCCC2)c1. The minimum absolute atomic E-state index is 0.00196. The van der Waals surface area contributed by atoms with E-state index in [1.807, 2.05) is 0 Å². The van der Waals surface area contributed by atoms with E-state index in [2.05, 4.69) is 5.32 Å². The highest BCUT2D eigenvalue weighted by Crippen LogP contribution is 2.21. The number of rotatable bonds is 4. The summed E-state index contributed by atoms with van der Waals surface area (Å²) in [5, 5.41) is 2.90. The van der Waals surface area contributed by atoms with Crippen molar-refractivity contribution < 1.29 is 17.9 Å². The van der Waals surface area contributed by atoms with Gasteiger partial charge in [0.25, 0.3) is 5.91 Å². The van der Waals surface area contributed by atoms with Gasteiger partial charge in [-0.1, -0.05) is 25.3 Å². The van der Waals surface area contributed by atoms with Gasteiger partial charge in [-0.2, -0.15) is 4.31 Å². The van der Waals surface area contributed by atoms with Crippen LogP contribution in [-0.4, -0.2) is 51.0 Å². The molecule has 3 rings (SSSR count). The van der Waals surface area contributed by atoms with Gasteiger partial charge in [0, 0.05) is 25.3 Å². The molecule has 1 amide bonds. The fourth-order valence-electron chi connectivity index (χ4n) is 3.32. The lowest BCUT2D eigenvalue weighted by Gasteiger charge is -2.24. The molecule has 7 heteroatoms. The summed E-state index contributed by atoms with van der Waals surface area (Å²) in [5.41, 5.74) is 0.375. The highest BCUT2D eigenvalue weighted by molar-refractivity contribution is 7.89. The van der Waals surface area contributed by atoms with Crippen LogP contribution in [0.25, 0.3) is 0 Å². The third-order valence-electron chi connectivity index (χ3n) is 4.81. The van der Waals surface area contributed by atoms with Crippen LogP contribution in [-0.2, 0) is 14.8 Å². The van der Waals surface area contributed by atoms with Crippen LogP contribution in [0, 0.1) is 0 Å². The smallest absolute Gasteiger partial charge is 0.251 e. The summed E-state index contributed by atoms with van der Waals surface area (Å²) < 4.78 is 32.7. The Morgan fingerprint density at radius 3 is 2.52 bits per heavy atom. The molecule has 0 aromatic heterocycles. The maximum absolute atomic E-state index is 12.9. The van der Waals surface area contributed by atoms with Crippen molar-refractivity contribution >= 4 is 15.9 Å². The van der Waals surface area contributed by atoms with Gasteiger partial charge in [-0.25, -0.2) is 8.42 Å². The summed E-state index contributed by atoms with van der Waals surface area (Å²) in [5.74, 6) is -0.250. The fourth-order valence-corrected chi connectivity index (χ4v) is 4.89. The van der Waals surface area contributed by atoms with Crippen molar-refractivity contribution in [3.05, 3.63) is 29.8 Å². The lowest BCUT2D eigenvalue weighted by molar-refractivity contribution is 0.0929. The number of benzene rings is 1. The molecule has 0 radical (unpaired) electrons. The van der Waals surface area contributed by atoms with Crippen LogP contribution in [0.3, 0.4) is 0 Å². The largest absolute Gasteiger partial charge is 0.379 e. The molecule has 2 aliphatic heterocycles. The Balaban J connectivity index is 1.75. The van der Waals surface area contributed by atoms with Gasteiger partial charge in [-0.15, -0.1) is 0 Å². The second kappa shape index (κ2) is 8.29. The average Bonchev–Trinajstić information content (AvgIpc) is 3.07. The van der Waals surface area contributed by atoms with Crippen molar-refractivity contribution in [3.63, 3.8) is 0 Å². The normalized spacial score (nSPS) is 23.0. The van der Waals surface area contributed by atoms with Gasteiger partial charge in [0.1, 0.15) is 0 Å². The number of ether oxygens (including phenoxy) is 1. The fraction of sp³-hybridized carbons (Fsp3) is 0.611. The predicted octanol–water partition coefficient (Wildman–Crippen LogP) is 2.16. The number of nitrogens with zero attached hydrogens (tertiary/aromatic N) is 1. The molecule has 1 aromatic carbocycles. The Morgan fingerprint density at radius 1 is 1.12 bits per heavy atom. The van der Waals surface area contributed by atoms with Gasteiger partial charge in [-0.3, -0.25) is 4.79 Å². The number of sulfonamides is 1. The molecule has 6 nitrogen and oxygen atoms in total. The third-order valence-corrected chi connectivity index (χ3v) is 6.71. The molecule has 2 heterocycles. The summed E-state index contributed by atoms with van der Waals surface area (Å²) >= 11 is 0. The highest BCUT2D eigenvalue weighted by Gasteiger charge is 2.26. The number of carbonyl (C=O) groups is 1. The molecule has 138 valence electrons. The van der Waals surface area contributed by atoms with Gasteiger partial charge in [0.15, 0.2) is 0 Å². The lowest BCUT2D eigenvalue weighted by atomic mass is 10.1. The summed E-state index contributed by atoms with van der Waals surface area (Å²) in [7, 11) is -3.56. The third kappa shape index (κ3) is 4.59. The van der Waals surface area contributed by atoms with Gasteiger partial charge in [-0.05, 0) is 37.5 Å². The van der Waals surface area contributed by atoms with Crippen LogP contribution < -0.4 is 5.32 Å². The molecular formula is C18H26N2O4S. The molecule has 2 aliphatic rings. The second-order valence-electron chi connectivity index (χ2n) is 6.73. The summed E-state index contributed by atoms with van der Waals surface area (Å²) in [6.07, 6.45) is 5.88. The standard InChI is InChI=1S/C18H26N2O4S/c21-18(19-16-9-12-24-14-16)15-7-6-8-17(13-15)25(22,23)20-10-4-2-1-3-5-11-20/h6-8,13,16H,1-5,9-12,14H2,(H,19,21)/t16-/m0/s1. The number of nitrogens with one attached hydrogen (secondary N) is 1. The van der Waals surface area contributed by atoms with E-state index in [1.165, 1.54) is 12.5 Å². The molecular weight excluding hydrogens is 340 g/mol. The topological polar surface area (TPSA) is 75.7 Å². The molecule has 2 saturated heterocycles. The first-order valence-corrected chi connectivity index (χ1v) is 10.5.